The molecule has 1 fully saturated rings. The molecule has 1 aromatic heterocycles. The van der Waals surface area contributed by atoms with Crippen molar-refractivity contribution < 1.29 is 54.9 Å². The summed E-state index contributed by atoms with van der Waals surface area (Å²) in [6, 6.07) is 8.15. The number of nitrogens with one attached hydrogen (secondary N) is 2. The molecule has 0 radical (unpaired) electrons. The third kappa shape index (κ3) is 10.1. The summed E-state index contributed by atoms with van der Waals surface area (Å²) in [6.07, 6.45) is -5.48. The van der Waals surface area contributed by atoms with Gasteiger partial charge < -0.3 is 30.6 Å². The number of pyridine rings is 1. The van der Waals surface area contributed by atoms with Crippen LogP contribution >= 0.6 is 0 Å². The first-order valence-corrected chi connectivity index (χ1v) is 14.9. The fraction of sp³-hybridized carbons (Fsp3) is 0.375. The van der Waals surface area contributed by atoms with Gasteiger partial charge in [0.1, 0.15) is 30.6 Å². The number of amides is 3. The Balaban J connectivity index is 1.49. The monoisotopic (exact) mass is 697 g/mol. The van der Waals surface area contributed by atoms with Gasteiger partial charge in [0, 0.05) is 18.0 Å². The first-order chi connectivity index (χ1) is 23.3. The number of morpholine rings is 1. The number of benzene rings is 2. The summed E-state index contributed by atoms with van der Waals surface area (Å²) in [5.74, 6) is -4.17. The van der Waals surface area contributed by atoms with E-state index >= 15 is 4.39 Å². The van der Waals surface area contributed by atoms with Crippen LogP contribution in [0.2, 0.25) is 0 Å². The van der Waals surface area contributed by atoms with Crippen molar-refractivity contribution in [2.45, 2.75) is 43.1 Å². The molecule has 1 saturated heterocycles. The molecule has 4 N–H and O–H groups in total. The van der Waals surface area contributed by atoms with Gasteiger partial charge in [0.2, 0.25) is 0 Å². The molecular formula is C32H33F6N5O6. The molecule has 264 valence electrons. The Morgan fingerprint density at radius 1 is 1.08 bits per heavy atom. The Kier molecular flexibility index (Phi) is 12.5. The molecule has 2 heterocycles. The molecule has 2 aromatic carbocycles. The van der Waals surface area contributed by atoms with E-state index in [9.17, 15) is 36.3 Å². The second-order valence-electron chi connectivity index (χ2n) is 11.0. The summed E-state index contributed by atoms with van der Waals surface area (Å²) >= 11 is 0. The Labute approximate surface area is 276 Å². The van der Waals surface area contributed by atoms with Gasteiger partial charge in [-0.05, 0) is 48.2 Å². The number of carbonyl (C=O) groups excluding carboxylic acids is 3. The van der Waals surface area contributed by atoms with E-state index in [0.717, 1.165) is 37.7 Å². The zero-order valence-corrected chi connectivity index (χ0v) is 26.0. The molecule has 1 aliphatic heterocycles. The predicted molar refractivity (Wildman–Crippen MR) is 162 cm³/mol. The maximum Gasteiger partial charge on any atom is 0.421 e. The quantitative estimate of drug-likeness (QED) is 0.249. The molecule has 0 bridgehead atoms. The number of rotatable bonds is 11. The third-order valence-corrected chi connectivity index (χ3v) is 7.61. The lowest BCUT2D eigenvalue weighted by atomic mass is 9.84. The molecule has 0 spiro atoms. The molecular weight excluding hydrogens is 664 g/mol. The average Bonchev–Trinajstić information content (AvgIpc) is 3.07. The van der Waals surface area contributed by atoms with E-state index < -0.39 is 72.4 Å². The van der Waals surface area contributed by atoms with Crippen LogP contribution in [0.25, 0.3) is 0 Å². The number of alkyl carbamates (subject to hydrolysis) is 1. The molecule has 0 aliphatic carbocycles. The van der Waals surface area contributed by atoms with Crippen molar-refractivity contribution in [2.75, 3.05) is 38.3 Å². The van der Waals surface area contributed by atoms with E-state index in [1.807, 2.05) is 0 Å². The minimum Gasteiger partial charge on any atom is -0.452 e. The maximum absolute atomic E-state index is 15.3. The first kappa shape index (κ1) is 37.1. The minimum atomic E-state index is -4.59. The maximum atomic E-state index is 15.3. The van der Waals surface area contributed by atoms with E-state index in [1.54, 1.807) is 5.32 Å². The van der Waals surface area contributed by atoms with Crippen molar-refractivity contribution in [3.63, 3.8) is 0 Å². The highest BCUT2D eigenvalue weighted by atomic mass is 19.4. The second kappa shape index (κ2) is 16.6. The van der Waals surface area contributed by atoms with Crippen molar-refractivity contribution in [3.8, 4) is 0 Å². The number of nitrogens with two attached hydrogens (primary N) is 1. The fourth-order valence-electron chi connectivity index (χ4n) is 5.22. The van der Waals surface area contributed by atoms with Gasteiger partial charge in [0.15, 0.2) is 0 Å². The number of carbonyl (C=O) groups is 3. The van der Waals surface area contributed by atoms with Gasteiger partial charge in [-0.25, -0.2) is 27.7 Å². The van der Waals surface area contributed by atoms with Crippen LogP contribution in [0.15, 0.2) is 60.9 Å². The minimum absolute atomic E-state index is 0.00931. The summed E-state index contributed by atoms with van der Waals surface area (Å²) in [7, 11) is 1.01. The van der Waals surface area contributed by atoms with Crippen LogP contribution in [-0.2, 0) is 25.4 Å². The molecule has 11 nitrogen and oxygen atoms in total. The summed E-state index contributed by atoms with van der Waals surface area (Å²) in [5, 5.41) is 4.62. The number of nitrogens with zero attached hydrogens (tertiary/aromatic N) is 2. The van der Waals surface area contributed by atoms with Gasteiger partial charge in [0.25, 0.3) is 5.91 Å². The molecule has 3 amide bonds. The Bertz CT molecular complexity index is 1600. The summed E-state index contributed by atoms with van der Waals surface area (Å²) in [4.78, 5) is 43.0. The smallest absolute Gasteiger partial charge is 0.421 e. The van der Waals surface area contributed by atoms with Crippen LogP contribution in [0, 0.1) is 17.5 Å². The highest BCUT2D eigenvalue weighted by molar-refractivity contribution is 6.15. The van der Waals surface area contributed by atoms with Gasteiger partial charge in [-0.2, -0.15) is 13.2 Å². The van der Waals surface area contributed by atoms with Crippen LogP contribution in [0.1, 0.15) is 29.0 Å². The molecule has 0 saturated carbocycles. The number of anilines is 1. The van der Waals surface area contributed by atoms with E-state index in [1.165, 1.54) is 30.3 Å². The summed E-state index contributed by atoms with van der Waals surface area (Å²) in [5.41, 5.74) is 6.70. The number of hydrogen-bond acceptors (Lipinski definition) is 9. The number of alkyl halides is 3. The number of halogens is 6. The average molecular weight is 698 g/mol. The van der Waals surface area contributed by atoms with Crippen molar-refractivity contribution in [1.82, 2.24) is 15.6 Å². The van der Waals surface area contributed by atoms with Gasteiger partial charge in [-0.1, -0.05) is 24.3 Å². The van der Waals surface area contributed by atoms with E-state index in [4.69, 9.17) is 19.9 Å². The summed E-state index contributed by atoms with van der Waals surface area (Å²) in [6.45, 7) is -1.61. The predicted octanol–water partition coefficient (Wildman–Crippen LogP) is 4.34. The Morgan fingerprint density at radius 3 is 2.45 bits per heavy atom. The lowest BCUT2D eigenvalue weighted by molar-refractivity contribution is -0.124. The second-order valence-corrected chi connectivity index (χ2v) is 11.0. The van der Waals surface area contributed by atoms with Gasteiger partial charge in [-0.3, -0.25) is 9.78 Å². The van der Waals surface area contributed by atoms with Crippen LogP contribution < -0.4 is 21.3 Å². The third-order valence-electron chi connectivity index (χ3n) is 7.61. The highest BCUT2D eigenvalue weighted by Crippen LogP contribution is 2.32. The normalized spacial score (nSPS) is 17.5. The van der Waals surface area contributed by atoms with Crippen molar-refractivity contribution in [3.05, 3.63) is 95.1 Å². The standard InChI is InChI=1S/C32H33F6N5O6/c1-47-31(46)43(29(44)28(39)27(18-5-7-20(33)8-6-18)19-3-2-4-21(34)11-19)26-14-40-13-25(35)24(26)10-9-23-12-41-22(15-48-23)16-49-30(45)42-17-32(36,37)38/h2-8,11,13-14,22-23,27-28,41H,9-10,12,15-17,39H2,1H3,(H,42,45)/t22-,23+,27+,28-/m0/s1. The van der Waals surface area contributed by atoms with E-state index in [0.29, 0.717) is 10.5 Å². The highest BCUT2D eigenvalue weighted by Gasteiger charge is 2.37. The SMILES string of the molecule is COC(=O)N(C(=O)[C@@H](N)[C@H](c1ccc(F)cc1)c1cccc(F)c1)c1cncc(F)c1CC[C@@H]1CN[C@H](COC(=O)NCC(F)(F)F)CO1. The number of aromatic nitrogens is 1. The van der Waals surface area contributed by atoms with Crippen molar-refractivity contribution in [2.24, 2.45) is 5.73 Å². The lowest BCUT2D eigenvalue weighted by Crippen LogP contribution is -2.50. The van der Waals surface area contributed by atoms with Crippen LogP contribution in [0.3, 0.4) is 0 Å². The molecule has 3 aromatic rings. The number of imide groups is 1. The lowest BCUT2D eigenvalue weighted by Gasteiger charge is -2.31. The van der Waals surface area contributed by atoms with Crippen LogP contribution in [0.5, 0.6) is 0 Å². The van der Waals surface area contributed by atoms with Crippen molar-refractivity contribution in [1.29, 1.82) is 0 Å². The number of methoxy groups -OCH3 is 1. The summed E-state index contributed by atoms with van der Waals surface area (Å²) < 4.78 is 95.5. The number of ether oxygens (including phenoxy) is 3. The van der Waals surface area contributed by atoms with E-state index in [-0.39, 0.29) is 49.4 Å². The zero-order chi connectivity index (χ0) is 35.7. The molecule has 1 aliphatic rings. The topological polar surface area (TPSA) is 145 Å². The Morgan fingerprint density at radius 2 is 1.82 bits per heavy atom. The fourth-order valence-corrected chi connectivity index (χ4v) is 5.22. The molecule has 49 heavy (non-hydrogen) atoms. The molecule has 4 rings (SSSR count). The van der Waals surface area contributed by atoms with Gasteiger partial charge in [0.05, 0.1) is 50.0 Å². The van der Waals surface area contributed by atoms with Gasteiger partial charge in [-0.15, -0.1) is 0 Å². The zero-order valence-electron chi connectivity index (χ0n) is 26.0. The Hall–Kier alpha value is -4.74. The number of hydrogen-bond donors (Lipinski definition) is 3. The van der Waals surface area contributed by atoms with Gasteiger partial charge >= 0.3 is 18.4 Å². The van der Waals surface area contributed by atoms with Crippen molar-refractivity contribution >= 4 is 23.8 Å². The molecule has 17 heteroatoms. The van der Waals surface area contributed by atoms with Crippen LogP contribution in [-0.4, -0.2) is 80.9 Å². The van der Waals surface area contributed by atoms with E-state index in [2.05, 4.69) is 10.3 Å². The first-order valence-electron chi connectivity index (χ1n) is 14.9. The molecule has 0 unspecified atom stereocenters. The largest absolute Gasteiger partial charge is 0.452 e. The van der Waals surface area contributed by atoms with Crippen LogP contribution in [0.4, 0.5) is 41.6 Å². The molecule has 4 atom stereocenters.